The topological polar surface area (TPSA) is 71.1 Å². The fourth-order valence-electron chi connectivity index (χ4n) is 2.30. The second-order valence-electron chi connectivity index (χ2n) is 4.63. The zero-order valence-corrected chi connectivity index (χ0v) is 11.9. The van der Waals surface area contributed by atoms with Crippen LogP contribution in [0.4, 0.5) is 0 Å². The second kappa shape index (κ2) is 5.23. The molecule has 0 saturated heterocycles. The van der Waals surface area contributed by atoms with Gasteiger partial charge in [0.1, 0.15) is 10.6 Å². The summed E-state index contributed by atoms with van der Waals surface area (Å²) in [5.41, 5.74) is 0.745. The van der Waals surface area contributed by atoms with Crippen molar-refractivity contribution in [3.63, 3.8) is 0 Å². The Labute approximate surface area is 122 Å². The van der Waals surface area contributed by atoms with Crippen LogP contribution in [0.25, 0.3) is 10.8 Å². The van der Waals surface area contributed by atoms with E-state index in [9.17, 15) is 13.0 Å². The van der Waals surface area contributed by atoms with E-state index in [1.54, 1.807) is 24.4 Å². The molecule has 0 spiro atoms. The lowest BCUT2D eigenvalue weighted by atomic mass is 10.1. The van der Waals surface area contributed by atoms with Crippen LogP contribution >= 0.6 is 0 Å². The molecule has 21 heavy (non-hydrogen) atoms. The van der Waals surface area contributed by atoms with Crippen molar-refractivity contribution >= 4 is 20.9 Å². The first kappa shape index (κ1) is 13.7. The molecule has 0 unspecified atom stereocenters. The molecule has 0 atom stereocenters. The summed E-state index contributed by atoms with van der Waals surface area (Å²) < 4.78 is 34.2. The van der Waals surface area contributed by atoms with E-state index in [1.165, 1.54) is 6.07 Å². The number of rotatable bonds is 3. The van der Waals surface area contributed by atoms with Crippen LogP contribution in [0.15, 0.2) is 66.0 Å². The molecular formula is C15H13N2O3S+. The van der Waals surface area contributed by atoms with E-state index in [4.69, 9.17) is 0 Å². The molecule has 2 aromatic heterocycles. The summed E-state index contributed by atoms with van der Waals surface area (Å²) in [5, 5.41) is 1.19. The van der Waals surface area contributed by atoms with Crippen LogP contribution in [0.3, 0.4) is 0 Å². The Morgan fingerprint density at radius 2 is 1.76 bits per heavy atom. The zero-order valence-electron chi connectivity index (χ0n) is 11.0. The molecule has 0 aliphatic carbocycles. The summed E-state index contributed by atoms with van der Waals surface area (Å²) in [6, 6.07) is 12.1. The van der Waals surface area contributed by atoms with Crippen molar-refractivity contribution in [1.29, 1.82) is 0 Å². The van der Waals surface area contributed by atoms with Gasteiger partial charge in [-0.2, -0.15) is 13.0 Å². The van der Waals surface area contributed by atoms with Gasteiger partial charge in [0.25, 0.3) is 10.1 Å². The maximum atomic E-state index is 11.4. The molecule has 0 saturated carbocycles. The summed E-state index contributed by atoms with van der Waals surface area (Å²) >= 11 is 0. The fraction of sp³-hybridized carbons (Fsp3) is 0.0667. The third kappa shape index (κ3) is 2.76. The molecule has 0 fully saturated rings. The van der Waals surface area contributed by atoms with Gasteiger partial charge in [0.05, 0.1) is 0 Å². The molecule has 1 N–H and O–H groups in total. The largest absolute Gasteiger partial charge is 0.295 e. The van der Waals surface area contributed by atoms with Gasteiger partial charge in [0.15, 0.2) is 18.9 Å². The van der Waals surface area contributed by atoms with Crippen molar-refractivity contribution < 1.29 is 17.5 Å². The molecule has 106 valence electrons. The summed E-state index contributed by atoms with van der Waals surface area (Å²) in [6.07, 6.45) is 5.37. The van der Waals surface area contributed by atoms with E-state index in [0.29, 0.717) is 17.3 Å². The van der Waals surface area contributed by atoms with Crippen molar-refractivity contribution in [2.24, 2.45) is 0 Å². The molecule has 0 radical (unpaired) electrons. The quantitative estimate of drug-likeness (QED) is 0.591. The van der Waals surface area contributed by atoms with Gasteiger partial charge in [0.2, 0.25) is 0 Å². The fourth-order valence-corrected chi connectivity index (χ4v) is 3.01. The van der Waals surface area contributed by atoms with Gasteiger partial charge in [0, 0.05) is 29.1 Å². The third-order valence-electron chi connectivity index (χ3n) is 3.24. The lowest BCUT2D eigenvalue weighted by Crippen LogP contribution is -2.33. The Hall–Kier alpha value is -2.31. The van der Waals surface area contributed by atoms with Crippen LogP contribution in [0.2, 0.25) is 0 Å². The maximum Gasteiger partial charge on any atom is 0.295 e. The van der Waals surface area contributed by atoms with Crippen molar-refractivity contribution in [3.05, 3.63) is 66.7 Å². The normalized spacial score (nSPS) is 11.7. The highest BCUT2D eigenvalue weighted by molar-refractivity contribution is 7.86. The van der Waals surface area contributed by atoms with Crippen LogP contribution in [0.1, 0.15) is 5.69 Å². The van der Waals surface area contributed by atoms with Crippen molar-refractivity contribution in [2.45, 2.75) is 11.4 Å². The van der Waals surface area contributed by atoms with E-state index < -0.39 is 10.1 Å². The van der Waals surface area contributed by atoms with E-state index in [0.717, 1.165) is 5.69 Å². The van der Waals surface area contributed by atoms with Gasteiger partial charge >= 0.3 is 0 Å². The predicted octanol–water partition coefficient (Wildman–Crippen LogP) is 1.82. The van der Waals surface area contributed by atoms with Gasteiger partial charge in [-0.05, 0) is 12.1 Å². The summed E-state index contributed by atoms with van der Waals surface area (Å²) in [6.45, 7) is 0.521. The Balaban J connectivity index is 2.18. The highest BCUT2D eigenvalue weighted by atomic mass is 32.2. The molecule has 0 aliphatic rings. The second-order valence-corrected chi connectivity index (χ2v) is 6.02. The number of hydrogen-bond acceptors (Lipinski definition) is 3. The van der Waals surface area contributed by atoms with Gasteiger partial charge in [-0.15, -0.1) is 0 Å². The average Bonchev–Trinajstić information content (AvgIpc) is 2.47. The number of nitrogens with zero attached hydrogens (tertiary/aromatic N) is 2. The van der Waals surface area contributed by atoms with E-state index in [2.05, 4.69) is 4.98 Å². The van der Waals surface area contributed by atoms with Crippen LogP contribution in [-0.2, 0) is 16.7 Å². The van der Waals surface area contributed by atoms with Crippen LogP contribution in [-0.4, -0.2) is 18.0 Å². The minimum Gasteiger partial charge on any atom is -0.282 e. The van der Waals surface area contributed by atoms with Crippen molar-refractivity contribution in [1.82, 2.24) is 4.98 Å². The first-order chi connectivity index (χ1) is 10.1. The molecule has 2 heterocycles. The van der Waals surface area contributed by atoms with Gasteiger partial charge in [-0.3, -0.25) is 9.54 Å². The monoisotopic (exact) mass is 301 g/mol. The molecule has 3 rings (SSSR count). The Morgan fingerprint density at radius 3 is 2.48 bits per heavy atom. The molecule has 0 aliphatic heterocycles. The molecule has 1 aromatic carbocycles. The molecule has 5 nitrogen and oxygen atoms in total. The van der Waals surface area contributed by atoms with Gasteiger partial charge in [-0.25, -0.2) is 0 Å². The van der Waals surface area contributed by atoms with Crippen molar-refractivity contribution in [3.8, 4) is 0 Å². The highest BCUT2D eigenvalue weighted by Gasteiger charge is 2.16. The Morgan fingerprint density at radius 1 is 1.00 bits per heavy atom. The first-order valence-electron chi connectivity index (χ1n) is 6.34. The molecule has 0 bridgehead atoms. The lowest BCUT2D eigenvalue weighted by Gasteiger charge is -2.06. The van der Waals surface area contributed by atoms with E-state index in [1.807, 2.05) is 35.2 Å². The maximum absolute atomic E-state index is 11.4. The molecule has 6 heteroatoms. The average molecular weight is 301 g/mol. The molecular weight excluding hydrogens is 288 g/mol. The summed E-state index contributed by atoms with van der Waals surface area (Å²) in [5.74, 6) is 0. The summed E-state index contributed by atoms with van der Waals surface area (Å²) in [7, 11) is -4.25. The minimum atomic E-state index is -4.25. The van der Waals surface area contributed by atoms with Crippen LogP contribution < -0.4 is 4.57 Å². The number of fused-ring (bicyclic) bond motifs is 1. The highest BCUT2D eigenvalue weighted by Crippen LogP contribution is 2.24. The van der Waals surface area contributed by atoms with E-state index in [-0.39, 0.29) is 4.90 Å². The Bertz CT molecular complexity index is 893. The number of benzene rings is 1. The SMILES string of the molecule is O=S(=O)(O)c1cccc2c(C[n+]3ccccc3)nccc12. The number of hydrogen-bond donors (Lipinski definition) is 1. The molecule has 3 aromatic rings. The zero-order chi connectivity index (χ0) is 14.9. The minimum absolute atomic E-state index is 0.0956. The van der Waals surface area contributed by atoms with Crippen molar-refractivity contribution in [2.75, 3.05) is 0 Å². The van der Waals surface area contributed by atoms with E-state index >= 15 is 0 Å². The predicted molar refractivity (Wildman–Crippen MR) is 77.3 cm³/mol. The van der Waals surface area contributed by atoms with Gasteiger partial charge < -0.3 is 0 Å². The number of aromatic nitrogens is 2. The lowest BCUT2D eigenvalue weighted by molar-refractivity contribution is -0.688. The molecule has 0 amide bonds. The first-order valence-corrected chi connectivity index (χ1v) is 7.78. The standard InChI is InChI=1S/C15H12N2O3S/c18-21(19,20)15-6-4-5-12-13(15)7-8-16-14(12)11-17-9-2-1-3-10-17/h1-10H,11H2/p+1. The van der Waals surface area contributed by atoms with Crippen LogP contribution in [0, 0.1) is 0 Å². The Kier molecular flexibility index (Phi) is 3.40. The van der Waals surface area contributed by atoms with Gasteiger partial charge in [-0.1, -0.05) is 18.2 Å². The third-order valence-corrected chi connectivity index (χ3v) is 4.15. The summed E-state index contributed by atoms with van der Waals surface area (Å²) in [4.78, 5) is 4.23. The van der Waals surface area contributed by atoms with Crippen LogP contribution in [0.5, 0.6) is 0 Å². The smallest absolute Gasteiger partial charge is 0.282 e. The number of pyridine rings is 2.